The Morgan fingerprint density at radius 2 is 2.14 bits per heavy atom. The first-order valence-corrected chi connectivity index (χ1v) is 5.93. The van der Waals surface area contributed by atoms with Crippen LogP contribution in [0.3, 0.4) is 0 Å². The molecule has 0 aliphatic rings. The van der Waals surface area contributed by atoms with Crippen LogP contribution in [0.5, 0.6) is 0 Å². The molecule has 0 aromatic heterocycles. The van der Waals surface area contributed by atoms with Crippen LogP contribution in [-0.4, -0.2) is 36.5 Å². The molecule has 1 N–H and O–H groups in total. The standard InChI is InChI=1S/C9H17NO3S/c1-4-13-9(12)10-8(7(2)11)5-6-14-3/h8H,4-6H2,1-3H3,(H,10,12). The fraction of sp³-hybridized carbons (Fsp3) is 0.778. The molecule has 0 spiro atoms. The molecule has 5 heteroatoms. The highest BCUT2D eigenvalue weighted by molar-refractivity contribution is 7.98. The second kappa shape index (κ2) is 7.67. The summed E-state index contributed by atoms with van der Waals surface area (Å²) in [6.45, 7) is 3.51. The third-order valence-corrected chi connectivity index (χ3v) is 2.31. The summed E-state index contributed by atoms with van der Waals surface area (Å²) in [5.74, 6) is 0.809. The molecule has 1 unspecified atom stereocenters. The topological polar surface area (TPSA) is 55.4 Å². The molecule has 0 radical (unpaired) electrons. The molecule has 0 heterocycles. The van der Waals surface area contributed by atoms with Crippen LogP contribution in [0.4, 0.5) is 4.79 Å². The van der Waals surface area contributed by atoms with E-state index in [1.165, 1.54) is 6.92 Å². The molecule has 0 fully saturated rings. The van der Waals surface area contributed by atoms with Crippen molar-refractivity contribution in [1.29, 1.82) is 0 Å². The summed E-state index contributed by atoms with van der Waals surface area (Å²) in [6, 6.07) is -0.415. The van der Waals surface area contributed by atoms with Gasteiger partial charge in [0.1, 0.15) is 0 Å². The summed E-state index contributed by atoms with van der Waals surface area (Å²) in [4.78, 5) is 22.1. The number of Topliss-reactive ketones (excluding diaryl/α,β-unsaturated/α-hetero) is 1. The van der Waals surface area contributed by atoms with Crippen molar-refractivity contribution in [2.75, 3.05) is 18.6 Å². The number of ether oxygens (including phenoxy) is 1. The van der Waals surface area contributed by atoms with E-state index in [2.05, 4.69) is 5.32 Å². The smallest absolute Gasteiger partial charge is 0.407 e. The van der Waals surface area contributed by atoms with E-state index in [1.54, 1.807) is 18.7 Å². The molecule has 0 saturated heterocycles. The first-order valence-electron chi connectivity index (χ1n) is 4.54. The number of thioether (sulfide) groups is 1. The summed E-state index contributed by atoms with van der Waals surface area (Å²) in [6.07, 6.45) is 2.09. The van der Waals surface area contributed by atoms with Crippen molar-refractivity contribution in [1.82, 2.24) is 5.32 Å². The van der Waals surface area contributed by atoms with Gasteiger partial charge >= 0.3 is 6.09 Å². The van der Waals surface area contributed by atoms with Crippen LogP contribution < -0.4 is 5.32 Å². The lowest BCUT2D eigenvalue weighted by atomic mass is 10.1. The van der Waals surface area contributed by atoms with Gasteiger partial charge in [-0.2, -0.15) is 11.8 Å². The quantitative estimate of drug-likeness (QED) is 0.734. The molecule has 82 valence electrons. The predicted octanol–water partition coefficient (Wildman–Crippen LogP) is 1.44. The van der Waals surface area contributed by atoms with Crippen LogP contribution >= 0.6 is 11.8 Å². The maximum atomic E-state index is 11.1. The summed E-state index contributed by atoms with van der Waals surface area (Å²) >= 11 is 1.64. The zero-order valence-electron chi connectivity index (χ0n) is 8.83. The maximum Gasteiger partial charge on any atom is 0.407 e. The lowest BCUT2D eigenvalue weighted by Crippen LogP contribution is -2.40. The molecule has 0 rings (SSSR count). The lowest BCUT2D eigenvalue weighted by Gasteiger charge is -2.14. The molecule has 0 aromatic rings. The number of alkyl carbamates (subject to hydrolysis) is 1. The number of rotatable bonds is 6. The first-order chi connectivity index (χ1) is 6.61. The molecule has 0 aliphatic heterocycles. The molecule has 1 amide bonds. The zero-order valence-corrected chi connectivity index (χ0v) is 9.65. The zero-order chi connectivity index (χ0) is 11.0. The van der Waals surface area contributed by atoms with Gasteiger partial charge < -0.3 is 10.1 Å². The van der Waals surface area contributed by atoms with Crippen LogP contribution in [0.2, 0.25) is 0 Å². The lowest BCUT2D eigenvalue weighted by molar-refractivity contribution is -0.118. The van der Waals surface area contributed by atoms with Crippen molar-refractivity contribution in [3.63, 3.8) is 0 Å². The van der Waals surface area contributed by atoms with Gasteiger partial charge in [0.15, 0.2) is 5.78 Å². The third kappa shape index (κ3) is 5.85. The number of ketones is 1. The number of carbonyl (C=O) groups excluding carboxylic acids is 2. The van der Waals surface area contributed by atoms with Gasteiger partial charge in [0.05, 0.1) is 12.6 Å². The molecule has 1 atom stereocenters. The Balaban J connectivity index is 3.95. The van der Waals surface area contributed by atoms with Gasteiger partial charge in [-0.15, -0.1) is 0 Å². The molecule has 0 aromatic carbocycles. The molecule has 0 aliphatic carbocycles. The van der Waals surface area contributed by atoms with Gasteiger partial charge in [-0.05, 0) is 32.3 Å². The van der Waals surface area contributed by atoms with Gasteiger partial charge in [0.2, 0.25) is 0 Å². The van der Waals surface area contributed by atoms with Crippen molar-refractivity contribution in [2.24, 2.45) is 0 Å². The van der Waals surface area contributed by atoms with Crippen LogP contribution in [-0.2, 0) is 9.53 Å². The number of hydrogen-bond donors (Lipinski definition) is 1. The molecule has 4 nitrogen and oxygen atoms in total. The van der Waals surface area contributed by atoms with Crippen molar-refractivity contribution in [3.05, 3.63) is 0 Å². The van der Waals surface area contributed by atoms with Crippen LogP contribution in [0.25, 0.3) is 0 Å². The van der Waals surface area contributed by atoms with E-state index in [4.69, 9.17) is 4.74 Å². The second-order valence-corrected chi connectivity index (χ2v) is 3.80. The second-order valence-electron chi connectivity index (χ2n) is 2.81. The van der Waals surface area contributed by atoms with E-state index in [0.717, 1.165) is 5.75 Å². The van der Waals surface area contributed by atoms with Crippen LogP contribution in [0, 0.1) is 0 Å². The Morgan fingerprint density at radius 3 is 2.57 bits per heavy atom. The SMILES string of the molecule is CCOC(=O)NC(CCSC)C(C)=O. The minimum absolute atomic E-state index is 0.0351. The van der Waals surface area contributed by atoms with Gasteiger partial charge in [0, 0.05) is 0 Å². The van der Waals surface area contributed by atoms with Crippen molar-refractivity contribution in [3.8, 4) is 0 Å². The average molecular weight is 219 g/mol. The van der Waals surface area contributed by atoms with Gasteiger partial charge in [0.25, 0.3) is 0 Å². The number of hydrogen-bond acceptors (Lipinski definition) is 4. The minimum atomic E-state index is -0.520. The Labute approximate surface area is 88.8 Å². The van der Waals surface area contributed by atoms with E-state index in [9.17, 15) is 9.59 Å². The maximum absolute atomic E-state index is 11.1. The molecular formula is C9H17NO3S. The minimum Gasteiger partial charge on any atom is -0.450 e. The summed E-state index contributed by atoms with van der Waals surface area (Å²) < 4.78 is 4.69. The van der Waals surface area contributed by atoms with E-state index in [-0.39, 0.29) is 5.78 Å². The highest BCUT2D eigenvalue weighted by Gasteiger charge is 2.16. The van der Waals surface area contributed by atoms with Crippen LogP contribution in [0.1, 0.15) is 20.3 Å². The summed E-state index contributed by atoms with van der Waals surface area (Å²) in [7, 11) is 0. The Bertz CT molecular complexity index is 196. The Kier molecular flexibility index (Phi) is 7.28. The Hall–Kier alpha value is -0.710. The first kappa shape index (κ1) is 13.3. The Morgan fingerprint density at radius 1 is 1.50 bits per heavy atom. The van der Waals surface area contributed by atoms with Crippen molar-refractivity contribution < 1.29 is 14.3 Å². The highest BCUT2D eigenvalue weighted by atomic mass is 32.2. The largest absolute Gasteiger partial charge is 0.450 e. The summed E-state index contributed by atoms with van der Waals surface area (Å²) in [5.41, 5.74) is 0. The molecule has 0 saturated carbocycles. The number of carbonyl (C=O) groups is 2. The van der Waals surface area contributed by atoms with E-state index in [0.29, 0.717) is 13.0 Å². The van der Waals surface area contributed by atoms with E-state index in [1.807, 2.05) is 6.26 Å². The van der Waals surface area contributed by atoms with E-state index >= 15 is 0 Å². The summed E-state index contributed by atoms with van der Waals surface area (Å²) in [5, 5.41) is 2.53. The monoisotopic (exact) mass is 219 g/mol. The van der Waals surface area contributed by atoms with Gasteiger partial charge in [-0.1, -0.05) is 0 Å². The number of nitrogens with one attached hydrogen (secondary N) is 1. The average Bonchev–Trinajstić information content (AvgIpc) is 2.12. The van der Waals surface area contributed by atoms with E-state index < -0.39 is 12.1 Å². The molecule has 14 heavy (non-hydrogen) atoms. The molecule has 0 bridgehead atoms. The van der Waals surface area contributed by atoms with Crippen molar-refractivity contribution in [2.45, 2.75) is 26.3 Å². The fourth-order valence-electron chi connectivity index (χ4n) is 0.928. The predicted molar refractivity (Wildman–Crippen MR) is 57.6 cm³/mol. The number of amides is 1. The molecular weight excluding hydrogens is 202 g/mol. The van der Waals surface area contributed by atoms with Crippen LogP contribution in [0.15, 0.2) is 0 Å². The normalized spacial score (nSPS) is 11.9. The van der Waals surface area contributed by atoms with Crippen molar-refractivity contribution >= 4 is 23.6 Å². The van der Waals surface area contributed by atoms with Gasteiger partial charge in [-0.3, -0.25) is 4.79 Å². The van der Waals surface area contributed by atoms with Gasteiger partial charge in [-0.25, -0.2) is 4.79 Å². The third-order valence-electron chi connectivity index (χ3n) is 1.67. The highest BCUT2D eigenvalue weighted by Crippen LogP contribution is 2.02. The fourth-order valence-corrected chi connectivity index (χ4v) is 1.40.